The van der Waals surface area contributed by atoms with Gasteiger partial charge >= 0.3 is 0 Å². The van der Waals surface area contributed by atoms with Crippen LogP contribution < -0.4 is 19.8 Å². The number of benzene rings is 2. The minimum Gasteiger partial charge on any atom is -0.495 e. The summed E-state index contributed by atoms with van der Waals surface area (Å²) < 4.78 is 11.3. The summed E-state index contributed by atoms with van der Waals surface area (Å²) in [7, 11) is 1.55. The van der Waals surface area contributed by atoms with Gasteiger partial charge in [0.25, 0.3) is 5.91 Å². The highest BCUT2D eigenvalue weighted by molar-refractivity contribution is 6.32. The van der Waals surface area contributed by atoms with E-state index in [0.717, 1.165) is 43.5 Å². The third-order valence-corrected chi connectivity index (χ3v) is 6.81. The average molecular weight is 522 g/mol. The molecule has 2 amide bonds. The Labute approximate surface area is 220 Å². The van der Waals surface area contributed by atoms with Crippen molar-refractivity contribution in [1.82, 2.24) is 20.4 Å². The minimum absolute atomic E-state index is 0.104. The van der Waals surface area contributed by atoms with Crippen LogP contribution in [0.25, 0.3) is 0 Å². The van der Waals surface area contributed by atoms with E-state index in [1.807, 2.05) is 29.2 Å². The van der Waals surface area contributed by atoms with E-state index in [0.29, 0.717) is 29.7 Å². The van der Waals surface area contributed by atoms with Gasteiger partial charge in [-0.2, -0.15) is 4.98 Å². The van der Waals surface area contributed by atoms with Crippen molar-refractivity contribution < 1.29 is 19.1 Å². The molecule has 2 aliphatic rings. The molecule has 1 fully saturated rings. The van der Waals surface area contributed by atoms with Crippen molar-refractivity contribution in [2.75, 3.05) is 25.1 Å². The van der Waals surface area contributed by atoms with Crippen LogP contribution in [0.1, 0.15) is 47.2 Å². The third kappa shape index (κ3) is 5.46. The zero-order chi connectivity index (χ0) is 25.8. The number of hydrogen-bond donors (Lipinski definition) is 1. The lowest BCUT2D eigenvalue weighted by atomic mass is 10.2. The number of halogens is 1. The molecule has 1 aromatic heterocycles. The van der Waals surface area contributed by atoms with Crippen molar-refractivity contribution >= 4 is 35.1 Å². The normalized spacial score (nSPS) is 15.2. The number of carbonyl (C=O) groups is 2. The maximum absolute atomic E-state index is 13.3. The molecular formula is C27H28ClN5O4. The average Bonchev–Trinajstić information content (AvgIpc) is 3.24. The Bertz CT molecular complexity index is 1320. The maximum Gasteiger partial charge on any atom is 0.276 e. The highest BCUT2D eigenvalue weighted by Gasteiger charge is 2.26. The molecule has 3 aromatic rings. The van der Waals surface area contributed by atoms with Crippen LogP contribution in [0.5, 0.6) is 11.6 Å². The zero-order valence-corrected chi connectivity index (χ0v) is 21.3. The number of anilines is 2. The number of para-hydroxylation sites is 1. The van der Waals surface area contributed by atoms with E-state index in [1.165, 1.54) is 16.8 Å². The Morgan fingerprint density at radius 1 is 1.11 bits per heavy atom. The number of aromatic nitrogens is 2. The Kier molecular flexibility index (Phi) is 7.41. The van der Waals surface area contributed by atoms with Crippen molar-refractivity contribution in [3.05, 3.63) is 70.4 Å². The van der Waals surface area contributed by atoms with Crippen LogP contribution in [0.2, 0.25) is 5.02 Å². The first kappa shape index (κ1) is 24.8. The predicted octanol–water partition coefficient (Wildman–Crippen LogP) is 4.46. The van der Waals surface area contributed by atoms with Crippen LogP contribution in [0, 0.1) is 0 Å². The Morgan fingerprint density at radius 2 is 1.97 bits per heavy atom. The van der Waals surface area contributed by atoms with Gasteiger partial charge in [0.15, 0.2) is 0 Å². The molecule has 1 N–H and O–H groups in total. The Hall–Kier alpha value is -3.85. The lowest BCUT2D eigenvalue weighted by molar-refractivity contribution is -0.133. The van der Waals surface area contributed by atoms with Gasteiger partial charge < -0.3 is 14.4 Å². The summed E-state index contributed by atoms with van der Waals surface area (Å²) in [6, 6.07) is 13.4. The number of rotatable bonds is 7. The van der Waals surface area contributed by atoms with Crippen LogP contribution in [-0.4, -0.2) is 47.0 Å². The summed E-state index contributed by atoms with van der Waals surface area (Å²) in [5.41, 5.74) is 5.90. The number of nitrogens with zero attached hydrogens (tertiary/aromatic N) is 4. The predicted molar refractivity (Wildman–Crippen MR) is 139 cm³/mol. The molecule has 1 saturated heterocycles. The van der Waals surface area contributed by atoms with Gasteiger partial charge in [0, 0.05) is 31.4 Å². The first-order valence-corrected chi connectivity index (χ1v) is 12.7. The van der Waals surface area contributed by atoms with Gasteiger partial charge in [0.2, 0.25) is 17.7 Å². The molecule has 37 heavy (non-hydrogen) atoms. The van der Waals surface area contributed by atoms with Crippen LogP contribution in [0.15, 0.2) is 48.7 Å². The van der Waals surface area contributed by atoms with Crippen molar-refractivity contribution in [3.8, 4) is 11.6 Å². The fourth-order valence-corrected chi connectivity index (χ4v) is 4.81. The second kappa shape index (κ2) is 11.0. The summed E-state index contributed by atoms with van der Waals surface area (Å²) >= 11 is 6.27. The van der Waals surface area contributed by atoms with E-state index in [2.05, 4.69) is 21.5 Å². The van der Waals surface area contributed by atoms with E-state index in [9.17, 15) is 9.59 Å². The van der Waals surface area contributed by atoms with Crippen molar-refractivity contribution in [2.45, 2.75) is 38.7 Å². The molecule has 192 valence electrons. The lowest BCUT2D eigenvalue weighted by Gasteiger charge is -2.22. The number of hydrazine groups is 1. The minimum atomic E-state index is -0.494. The summed E-state index contributed by atoms with van der Waals surface area (Å²) in [5.74, 6) is 0.527. The second-order valence-electron chi connectivity index (χ2n) is 8.97. The molecule has 0 unspecified atom stereocenters. The SMILES string of the molecule is COc1ccc(COc2nc(N3CCc4ccccc43)ncc2C(=O)NN2CCCCCC2=O)cc1Cl. The smallest absolute Gasteiger partial charge is 0.276 e. The fourth-order valence-electron chi connectivity index (χ4n) is 4.53. The molecule has 0 spiro atoms. The molecule has 10 heteroatoms. The van der Waals surface area contributed by atoms with Gasteiger partial charge in [-0.3, -0.25) is 20.0 Å². The number of fused-ring (bicyclic) bond motifs is 1. The molecule has 0 radical (unpaired) electrons. The van der Waals surface area contributed by atoms with Gasteiger partial charge in [0.05, 0.1) is 12.1 Å². The Morgan fingerprint density at radius 3 is 2.81 bits per heavy atom. The van der Waals surface area contributed by atoms with Gasteiger partial charge in [0.1, 0.15) is 17.9 Å². The number of methoxy groups -OCH3 is 1. The maximum atomic E-state index is 13.3. The van der Waals surface area contributed by atoms with Crippen LogP contribution in [0.3, 0.4) is 0 Å². The first-order chi connectivity index (χ1) is 18.0. The summed E-state index contributed by atoms with van der Waals surface area (Å²) in [4.78, 5) is 36.8. The topological polar surface area (TPSA) is 96.9 Å². The van der Waals surface area contributed by atoms with E-state index in [1.54, 1.807) is 19.2 Å². The molecule has 9 nitrogen and oxygen atoms in total. The molecule has 0 saturated carbocycles. The fraction of sp³-hybridized carbons (Fsp3) is 0.333. The quantitative estimate of drug-likeness (QED) is 0.490. The van der Waals surface area contributed by atoms with Crippen LogP contribution in [0.4, 0.5) is 11.6 Å². The summed E-state index contributed by atoms with van der Waals surface area (Å²) in [5, 5.41) is 1.84. The van der Waals surface area contributed by atoms with E-state index in [-0.39, 0.29) is 24.0 Å². The van der Waals surface area contributed by atoms with E-state index >= 15 is 0 Å². The molecule has 2 aromatic carbocycles. The largest absolute Gasteiger partial charge is 0.495 e. The lowest BCUT2D eigenvalue weighted by Crippen LogP contribution is -2.46. The third-order valence-electron chi connectivity index (χ3n) is 6.52. The Balaban J connectivity index is 1.43. The number of amides is 2. The van der Waals surface area contributed by atoms with Crippen LogP contribution >= 0.6 is 11.6 Å². The highest BCUT2D eigenvalue weighted by atomic mass is 35.5. The van der Waals surface area contributed by atoms with Gasteiger partial charge in [-0.25, -0.2) is 4.98 Å². The highest BCUT2D eigenvalue weighted by Crippen LogP contribution is 2.33. The molecular weight excluding hydrogens is 494 g/mol. The standard InChI is InChI=1S/C27H28ClN5O4/c1-36-23-11-10-18(15-21(23)28)17-37-26-20(25(35)31-33-13-6-2-3-9-24(33)34)16-29-27(30-26)32-14-12-19-7-4-5-8-22(19)32/h4-5,7-8,10-11,15-16H,2-3,6,9,12-14,17H2,1H3,(H,31,35). The molecule has 0 aliphatic carbocycles. The van der Waals surface area contributed by atoms with E-state index in [4.69, 9.17) is 21.1 Å². The van der Waals surface area contributed by atoms with Crippen molar-refractivity contribution in [3.63, 3.8) is 0 Å². The summed E-state index contributed by atoms with van der Waals surface area (Å²) in [6.07, 6.45) is 5.34. The molecule has 5 rings (SSSR count). The molecule has 0 bridgehead atoms. The number of carbonyl (C=O) groups excluding carboxylic acids is 2. The van der Waals surface area contributed by atoms with Gasteiger partial charge in [-0.05, 0) is 48.6 Å². The van der Waals surface area contributed by atoms with Crippen molar-refractivity contribution in [2.24, 2.45) is 0 Å². The number of ether oxygens (including phenoxy) is 2. The number of hydrogen-bond acceptors (Lipinski definition) is 7. The molecule has 3 heterocycles. The molecule has 2 aliphatic heterocycles. The monoisotopic (exact) mass is 521 g/mol. The van der Waals surface area contributed by atoms with E-state index < -0.39 is 5.91 Å². The van der Waals surface area contributed by atoms with Gasteiger partial charge in [-0.15, -0.1) is 0 Å². The summed E-state index contributed by atoms with van der Waals surface area (Å²) in [6.45, 7) is 1.31. The molecule has 0 atom stereocenters. The van der Waals surface area contributed by atoms with Crippen LogP contribution in [-0.2, 0) is 17.8 Å². The zero-order valence-electron chi connectivity index (χ0n) is 20.6. The number of nitrogens with one attached hydrogen (secondary N) is 1. The first-order valence-electron chi connectivity index (χ1n) is 12.3. The van der Waals surface area contributed by atoms with Crippen molar-refractivity contribution in [1.29, 1.82) is 0 Å². The second-order valence-corrected chi connectivity index (χ2v) is 9.38. The van der Waals surface area contributed by atoms with Gasteiger partial charge in [-0.1, -0.05) is 42.3 Å².